The molecule has 3 saturated heterocycles. The number of carbonyl (C=O) groups excluding carboxylic acids is 5. The van der Waals surface area contributed by atoms with E-state index in [9.17, 15) is 29.1 Å². The van der Waals surface area contributed by atoms with Crippen LogP contribution in [0.15, 0.2) is 91.0 Å². The van der Waals surface area contributed by atoms with E-state index in [4.69, 9.17) is 0 Å². The van der Waals surface area contributed by atoms with Crippen molar-refractivity contribution in [1.29, 1.82) is 0 Å². The summed E-state index contributed by atoms with van der Waals surface area (Å²) in [6.45, 7) is 7.05. The van der Waals surface area contributed by atoms with Gasteiger partial charge in [-0.2, -0.15) is 0 Å². The zero-order valence-electron chi connectivity index (χ0n) is 32.7. The fourth-order valence-corrected chi connectivity index (χ4v) is 9.65. The van der Waals surface area contributed by atoms with E-state index >= 15 is 0 Å². The van der Waals surface area contributed by atoms with Crippen molar-refractivity contribution in [2.75, 3.05) is 44.2 Å². The number of hydrogen-bond donors (Lipinski definition) is 2. The lowest BCUT2D eigenvalue weighted by Crippen LogP contribution is -2.63. The quantitative estimate of drug-likeness (QED) is 0.174. The predicted molar refractivity (Wildman–Crippen MR) is 220 cm³/mol. The number of allylic oxidation sites excluding steroid dienone is 1. The number of rotatable bonds is 8. The van der Waals surface area contributed by atoms with Gasteiger partial charge in [-0.05, 0) is 107 Å². The molecule has 3 fully saturated rings. The van der Waals surface area contributed by atoms with E-state index in [0.717, 1.165) is 72.6 Å². The zero-order chi connectivity index (χ0) is 40.1. The summed E-state index contributed by atoms with van der Waals surface area (Å²) in [5.41, 5.74) is 9.62. The second-order valence-electron chi connectivity index (χ2n) is 16.5. The third-order valence-corrected chi connectivity index (χ3v) is 12.9. The molecule has 9 rings (SSSR count). The highest BCUT2D eigenvalue weighted by Crippen LogP contribution is 2.42. The van der Waals surface area contributed by atoms with Gasteiger partial charge in [0.2, 0.25) is 17.7 Å². The lowest BCUT2D eigenvalue weighted by molar-refractivity contribution is -0.146. The lowest BCUT2D eigenvalue weighted by Gasteiger charge is -2.54. The van der Waals surface area contributed by atoms with Crippen molar-refractivity contribution in [3.8, 4) is 5.75 Å². The molecule has 4 aromatic rings. The van der Waals surface area contributed by atoms with Gasteiger partial charge in [-0.1, -0.05) is 61.5 Å². The Morgan fingerprint density at radius 1 is 0.776 bits per heavy atom. The summed E-state index contributed by atoms with van der Waals surface area (Å²) in [6.07, 6.45) is 3.76. The fourth-order valence-electron chi connectivity index (χ4n) is 9.65. The summed E-state index contributed by atoms with van der Waals surface area (Å²) in [4.78, 5) is 71.9. The number of phenolic OH excluding ortho intramolecular Hbond substituents is 1. The van der Waals surface area contributed by atoms with Crippen LogP contribution in [0, 0.1) is 5.41 Å². The van der Waals surface area contributed by atoms with Crippen molar-refractivity contribution in [1.82, 2.24) is 20.0 Å². The summed E-state index contributed by atoms with van der Waals surface area (Å²) in [5.74, 6) is -1.67. The number of fused-ring (bicyclic) bond motifs is 2. The molecule has 296 valence electrons. The minimum Gasteiger partial charge on any atom is -0.508 e. The number of phenols is 1. The number of anilines is 1. The standard InChI is InChI=1S/C47H47N5O6/c1-2-37(30-6-4-3-5-7-30)43(32-10-14-36(53)15-11-32)31-8-12-35(13-9-31)50-22-19-47(20-23-50)28-51(29-47)42(55)27-49-21-18-33-24-38-39(25-34(33)26-49)46(58)52(45(38)57)40-16-17-41(54)48-44(40)56/h3-15,24-25,40,53H,2,16-23,26-29H2,1H3,(H,48,54,56)/b43-37+. The number of likely N-dealkylation sites (tertiary alicyclic amines) is 1. The van der Waals surface area contributed by atoms with Crippen molar-refractivity contribution in [2.45, 2.75) is 58.0 Å². The van der Waals surface area contributed by atoms with E-state index in [-0.39, 0.29) is 35.5 Å². The van der Waals surface area contributed by atoms with E-state index in [2.05, 4.69) is 70.6 Å². The van der Waals surface area contributed by atoms with Gasteiger partial charge in [-0.25, -0.2) is 0 Å². The smallest absolute Gasteiger partial charge is 0.262 e. The second kappa shape index (κ2) is 15.0. The van der Waals surface area contributed by atoms with Gasteiger partial charge in [0.25, 0.3) is 11.8 Å². The van der Waals surface area contributed by atoms with Gasteiger partial charge in [0.05, 0.1) is 17.7 Å². The Morgan fingerprint density at radius 3 is 2.05 bits per heavy atom. The first-order valence-corrected chi connectivity index (χ1v) is 20.4. The van der Waals surface area contributed by atoms with Gasteiger partial charge >= 0.3 is 0 Å². The maximum atomic E-state index is 13.5. The highest BCUT2D eigenvalue weighted by Gasteiger charge is 2.48. The van der Waals surface area contributed by atoms with Gasteiger partial charge in [0, 0.05) is 56.8 Å². The van der Waals surface area contributed by atoms with E-state index in [1.807, 2.05) is 23.1 Å². The Morgan fingerprint density at radius 2 is 1.41 bits per heavy atom. The Balaban J connectivity index is 0.803. The Kier molecular flexibility index (Phi) is 9.71. The molecule has 0 saturated carbocycles. The first-order valence-electron chi connectivity index (χ1n) is 20.4. The number of aromatic hydroxyl groups is 1. The highest BCUT2D eigenvalue weighted by atomic mass is 16.3. The molecule has 1 atom stereocenters. The Labute approximate surface area is 337 Å². The summed E-state index contributed by atoms with van der Waals surface area (Å²) >= 11 is 0. The molecule has 11 nitrogen and oxygen atoms in total. The van der Waals surface area contributed by atoms with Crippen LogP contribution < -0.4 is 10.2 Å². The molecule has 0 aliphatic carbocycles. The first-order chi connectivity index (χ1) is 28.1. The van der Waals surface area contributed by atoms with Crippen molar-refractivity contribution < 1.29 is 29.1 Å². The minimum absolute atomic E-state index is 0.0771. The van der Waals surface area contributed by atoms with Crippen LogP contribution in [0.1, 0.15) is 87.6 Å². The molecule has 2 N–H and O–H groups in total. The molecule has 5 amide bonds. The van der Waals surface area contributed by atoms with Crippen molar-refractivity contribution >= 4 is 46.4 Å². The molecule has 5 aliphatic heterocycles. The van der Waals surface area contributed by atoms with Crippen LogP contribution >= 0.6 is 0 Å². The molecule has 5 aliphatic rings. The van der Waals surface area contributed by atoms with E-state index in [1.54, 1.807) is 24.3 Å². The fraction of sp³-hybridized carbons (Fsp3) is 0.340. The summed E-state index contributed by atoms with van der Waals surface area (Å²) in [5, 5.41) is 12.3. The van der Waals surface area contributed by atoms with Crippen molar-refractivity contribution in [3.63, 3.8) is 0 Å². The molecule has 0 aromatic heterocycles. The summed E-state index contributed by atoms with van der Waals surface area (Å²) < 4.78 is 0. The third-order valence-electron chi connectivity index (χ3n) is 12.9. The monoisotopic (exact) mass is 777 g/mol. The van der Waals surface area contributed by atoms with Gasteiger partial charge in [-0.15, -0.1) is 0 Å². The lowest BCUT2D eigenvalue weighted by atomic mass is 9.72. The van der Waals surface area contributed by atoms with Crippen LogP contribution in [0.4, 0.5) is 5.69 Å². The van der Waals surface area contributed by atoms with Gasteiger partial charge in [0.1, 0.15) is 11.8 Å². The molecule has 0 radical (unpaired) electrons. The molecular formula is C47H47N5O6. The number of carbonyl (C=O) groups is 5. The Bertz CT molecular complexity index is 2340. The number of benzene rings is 4. The zero-order valence-corrected chi connectivity index (χ0v) is 32.7. The average molecular weight is 778 g/mol. The first kappa shape index (κ1) is 37.5. The number of nitrogens with one attached hydrogen (secondary N) is 1. The third kappa shape index (κ3) is 6.87. The van der Waals surface area contributed by atoms with Crippen molar-refractivity contribution in [2.24, 2.45) is 5.41 Å². The molecule has 11 heteroatoms. The molecular weight excluding hydrogens is 731 g/mol. The molecule has 1 spiro atoms. The molecule has 58 heavy (non-hydrogen) atoms. The van der Waals surface area contributed by atoms with E-state index in [0.29, 0.717) is 31.6 Å². The van der Waals surface area contributed by atoms with Crippen LogP contribution in [0.25, 0.3) is 11.1 Å². The largest absolute Gasteiger partial charge is 0.508 e. The normalized spacial score (nSPS) is 20.7. The Hall–Kier alpha value is -6.07. The van der Waals surface area contributed by atoms with Crippen LogP contribution in [-0.4, -0.2) is 94.7 Å². The van der Waals surface area contributed by atoms with Crippen LogP contribution in [0.2, 0.25) is 0 Å². The van der Waals surface area contributed by atoms with Crippen LogP contribution in [0.3, 0.4) is 0 Å². The minimum atomic E-state index is -0.996. The van der Waals surface area contributed by atoms with Gasteiger partial charge < -0.3 is 14.9 Å². The maximum absolute atomic E-state index is 13.5. The van der Waals surface area contributed by atoms with Crippen molar-refractivity contribution in [3.05, 3.63) is 130 Å². The number of imide groups is 2. The summed E-state index contributed by atoms with van der Waals surface area (Å²) in [7, 11) is 0. The second-order valence-corrected chi connectivity index (χ2v) is 16.5. The van der Waals surface area contributed by atoms with E-state index < -0.39 is 29.7 Å². The SMILES string of the molecule is CC/C(=C(\c1ccc(O)cc1)c1ccc(N2CCC3(CC2)CN(C(=O)CN2CCc4cc5c(cc4C2)C(=O)N(C2CCC(=O)NC2=O)C5=O)C3)cc1)c1ccccc1. The maximum Gasteiger partial charge on any atom is 0.262 e. The number of piperidine rings is 2. The van der Waals surface area contributed by atoms with Crippen LogP contribution in [-0.2, 0) is 27.3 Å². The van der Waals surface area contributed by atoms with Gasteiger partial charge in [0.15, 0.2) is 0 Å². The van der Waals surface area contributed by atoms with E-state index in [1.165, 1.54) is 22.4 Å². The summed E-state index contributed by atoms with van der Waals surface area (Å²) in [6, 6.07) is 29.3. The molecule has 0 bridgehead atoms. The number of amides is 5. The molecule has 5 heterocycles. The number of nitrogens with zero attached hydrogens (tertiary/aromatic N) is 4. The average Bonchev–Trinajstić information content (AvgIpc) is 3.46. The molecule has 4 aromatic carbocycles. The van der Waals surface area contributed by atoms with Crippen LogP contribution in [0.5, 0.6) is 5.75 Å². The predicted octanol–water partition coefficient (Wildman–Crippen LogP) is 5.65. The topological polar surface area (TPSA) is 131 Å². The number of hydrogen-bond acceptors (Lipinski definition) is 8. The highest BCUT2D eigenvalue weighted by molar-refractivity contribution is 6.23. The molecule has 1 unspecified atom stereocenters. The van der Waals surface area contributed by atoms with Gasteiger partial charge in [-0.3, -0.25) is 39.1 Å².